The summed E-state index contributed by atoms with van der Waals surface area (Å²) in [7, 11) is 0. The van der Waals surface area contributed by atoms with Gasteiger partial charge in [-0.3, -0.25) is 4.79 Å². The van der Waals surface area contributed by atoms with Crippen LogP contribution in [-0.2, 0) is 6.61 Å². The molecule has 0 aliphatic carbocycles. The van der Waals surface area contributed by atoms with Crippen LogP contribution in [0.15, 0.2) is 28.8 Å². The third-order valence-corrected chi connectivity index (χ3v) is 3.39. The van der Waals surface area contributed by atoms with Gasteiger partial charge in [-0.05, 0) is 25.0 Å². The molecule has 1 aromatic carbocycles. The van der Waals surface area contributed by atoms with Crippen molar-refractivity contribution in [2.45, 2.75) is 27.4 Å². The Morgan fingerprint density at radius 1 is 1.41 bits per heavy atom. The SMILES string of the molecule is Cc1onc(C(=O)NCC(C)C)c1COc1ccccc1Cl. The van der Waals surface area contributed by atoms with Gasteiger partial charge in [-0.1, -0.05) is 42.7 Å². The molecular formula is C16H19ClN2O3. The molecule has 0 fully saturated rings. The zero-order valence-corrected chi connectivity index (χ0v) is 13.6. The lowest BCUT2D eigenvalue weighted by molar-refractivity contribution is 0.0937. The van der Waals surface area contributed by atoms with Crippen molar-refractivity contribution in [2.24, 2.45) is 5.92 Å². The molecule has 1 aromatic heterocycles. The third-order valence-electron chi connectivity index (χ3n) is 3.08. The number of halogens is 1. The fraction of sp³-hybridized carbons (Fsp3) is 0.375. The lowest BCUT2D eigenvalue weighted by Gasteiger charge is -2.09. The molecule has 0 radical (unpaired) electrons. The summed E-state index contributed by atoms with van der Waals surface area (Å²) in [6.07, 6.45) is 0. The summed E-state index contributed by atoms with van der Waals surface area (Å²) in [5.74, 6) is 1.21. The summed E-state index contributed by atoms with van der Waals surface area (Å²) in [5.41, 5.74) is 0.881. The quantitative estimate of drug-likeness (QED) is 0.882. The van der Waals surface area contributed by atoms with E-state index in [1.54, 1.807) is 19.1 Å². The second-order valence-corrected chi connectivity index (χ2v) is 5.80. The van der Waals surface area contributed by atoms with Gasteiger partial charge in [0.15, 0.2) is 5.69 Å². The second kappa shape index (κ2) is 7.31. The maximum Gasteiger partial charge on any atom is 0.273 e. The van der Waals surface area contributed by atoms with E-state index in [4.69, 9.17) is 20.9 Å². The first kappa shape index (κ1) is 16.4. The molecule has 2 aromatic rings. The molecule has 0 saturated carbocycles. The van der Waals surface area contributed by atoms with E-state index in [0.29, 0.717) is 34.6 Å². The van der Waals surface area contributed by atoms with Gasteiger partial charge >= 0.3 is 0 Å². The van der Waals surface area contributed by atoms with E-state index in [1.165, 1.54) is 0 Å². The van der Waals surface area contributed by atoms with Gasteiger partial charge in [0.25, 0.3) is 5.91 Å². The number of carbonyl (C=O) groups is 1. The normalized spacial score (nSPS) is 10.8. The summed E-state index contributed by atoms with van der Waals surface area (Å²) >= 11 is 6.05. The van der Waals surface area contributed by atoms with Crippen LogP contribution >= 0.6 is 11.6 Å². The van der Waals surface area contributed by atoms with Gasteiger partial charge in [-0.25, -0.2) is 0 Å². The van der Waals surface area contributed by atoms with Crippen molar-refractivity contribution in [1.29, 1.82) is 0 Å². The average Bonchev–Trinajstić information content (AvgIpc) is 2.85. The van der Waals surface area contributed by atoms with Crippen molar-refractivity contribution in [3.8, 4) is 5.75 Å². The molecule has 0 spiro atoms. The minimum Gasteiger partial charge on any atom is -0.487 e. The van der Waals surface area contributed by atoms with Crippen molar-refractivity contribution in [3.05, 3.63) is 46.3 Å². The predicted molar refractivity (Wildman–Crippen MR) is 84.2 cm³/mol. The van der Waals surface area contributed by atoms with Crippen LogP contribution in [0, 0.1) is 12.8 Å². The molecule has 2 rings (SSSR count). The Kier molecular flexibility index (Phi) is 5.44. The molecule has 1 N–H and O–H groups in total. The Morgan fingerprint density at radius 2 is 2.14 bits per heavy atom. The van der Waals surface area contributed by atoms with Crippen LogP contribution in [0.3, 0.4) is 0 Å². The van der Waals surface area contributed by atoms with Crippen LogP contribution in [0.4, 0.5) is 0 Å². The first-order valence-electron chi connectivity index (χ1n) is 7.09. The molecule has 0 saturated heterocycles. The molecule has 5 nitrogen and oxygen atoms in total. The van der Waals surface area contributed by atoms with Gasteiger partial charge in [0.05, 0.1) is 10.6 Å². The molecule has 1 amide bonds. The van der Waals surface area contributed by atoms with E-state index in [-0.39, 0.29) is 18.2 Å². The highest BCUT2D eigenvalue weighted by Gasteiger charge is 2.20. The van der Waals surface area contributed by atoms with Gasteiger partial charge in [-0.15, -0.1) is 0 Å². The Labute approximate surface area is 134 Å². The summed E-state index contributed by atoms with van der Waals surface area (Å²) in [5, 5.41) is 7.16. The van der Waals surface area contributed by atoms with Gasteiger partial charge < -0.3 is 14.6 Å². The minimum absolute atomic E-state index is 0.170. The highest BCUT2D eigenvalue weighted by molar-refractivity contribution is 6.32. The predicted octanol–water partition coefficient (Wildman–Crippen LogP) is 3.60. The molecule has 0 aliphatic heterocycles. The highest BCUT2D eigenvalue weighted by atomic mass is 35.5. The number of para-hydroxylation sites is 1. The van der Waals surface area contributed by atoms with Crippen LogP contribution < -0.4 is 10.1 Å². The van der Waals surface area contributed by atoms with Gasteiger partial charge in [0.1, 0.15) is 18.1 Å². The molecular weight excluding hydrogens is 304 g/mol. The number of aromatic nitrogens is 1. The Hall–Kier alpha value is -2.01. The number of rotatable bonds is 6. The highest BCUT2D eigenvalue weighted by Crippen LogP contribution is 2.25. The summed E-state index contributed by atoms with van der Waals surface area (Å²) in [4.78, 5) is 12.1. The second-order valence-electron chi connectivity index (χ2n) is 5.39. The number of carbonyl (C=O) groups excluding carboxylic acids is 1. The molecule has 0 aliphatic rings. The fourth-order valence-electron chi connectivity index (χ4n) is 1.83. The zero-order chi connectivity index (χ0) is 16.1. The first-order valence-corrected chi connectivity index (χ1v) is 7.47. The lowest BCUT2D eigenvalue weighted by Crippen LogP contribution is -2.28. The van der Waals surface area contributed by atoms with Crippen molar-refractivity contribution >= 4 is 17.5 Å². The van der Waals surface area contributed by atoms with Crippen LogP contribution in [0.25, 0.3) is 0 Å². The standard InChI is InChI=1S/C16H19ClN2O3/c1-10(2)8-18-16(20)15-12(11(3)22-19-15)9-21-14-7-5-4-6-13(14)17/h4-7,10H,8-9H2,1-3H3,(H,18,20). The number of aryl methyl sites for hydroxylation is 1. The molecule has 6 heteroatoms. The number of ether oxygens (including phenoxy) is 1. The van der Waals surface area contributed by atoms with E-state index in [9.17, 15) is 4.79 Å². The number of benzene rings is 1. The molecule has 22 heavy (non-hydrogen) atoms. The van der Waals surface area contributed by atoms with Crippen LogP contribution in [0.5, 0.6) is 5.75 Å². The smallest absolute Gasteiger partial charge is 0.273 e. The molecule has 0 atom stereocenters. The average molecular weight is 323 g/mol. The van der Waals surface area contributed by atoms with Gasteiger partial charge in [0, 0.05) is 6.54 Å². The zero-order valence-electron chi connectivity index (χ0n) is 12.9. The molecule has 118 valence electrons. The van der Waals surface area contributed by atoms with Crippen molar-refractivity contribution < 1.29 is 14.1 Å². The summed E-state index contributed by atoms with van der Waals surface area (Å²) in [6, 6.07) is 7.17. The van der Waals surface area contributed by atoms with E-state index in [0.717, 1.165) is 0 Å². The van der Waals surface area contributed by atoms with E-state index >= 15 is 0 Å². The van der Waals surface area contributed by atoms with Crippen molar-refractivity contribution in [1.82, 2.24) is 10.5 Å². The number of amides is 1. The minimum atomic E-state index is -0.261. The fourth-order valence-corrected chi connectivity index (χ4v) is 2.02. The third kappa shape index (κ3) is 4.01. The van der Waals surface area contributed by atoms with Crippen LogP contribution in [0.1, 0.15) is 35.7 Å². The largest absolute Gasteiger partial charge is 0.487 e. The maximum absolute atomic E-state index is 12.1. The maximum atomic E-state index is 12.1. The monoisotopic (exact) mass is 322 g/mol. The summed E-state index contributed by atoms with van der Waals surface area (Å²) in [6.45, 7) is 6.54. The first-order chi connectivity index (χ1) is 10.5. The number of hydrogen-bond acceptors (Lipinski definition) is 4. The van der Waals surface area contributed by atoms with Gasteiger partial charge in [-0.2, -0.15) is 0 Å². The Balaban J connectivity index is 2.09. The van der Waals surface area contributed by atoms with Crippen molar-refractivity contribution in [2.75, 3.05) is 6.54 Å². The number of nitrogens with zero attached hydrogens (tertiary/aromatic N) is 1. The molecule has 1 heterocycles. The number of hydrogen-bond donors (Lipinski definition) is 1. The Bertz CT molecular complexity index is 653. The Morgan fingerprint density at radius 3 is 2.82 bits per heavy atom. The molecule has 0 bridgehead atoms. The molecule has 0 unspecified atom stereocenters. The van der Waals surface area contributed by atoms with E-state index in [1.807, 2.05) is 26.0 Å². The topological polar surface area (TPSA) is 64.4 Å². The lowest BCUT2D eigenvalue weighted by atomic mass is 10.2. The van der Waals surface area contributed by atoms with Crippen LogP contribution in [-0.4, -0.2) is 17.6 Å². The van der Waals surface area contributed by atoms with E-state index in [2.05, 4.69) is 10.5 Å². The van der Waals surface area contributed by atoms with E-state index < -0.39 is 0 Å². The van der Waals surface area contributed by atoms with Crippen molar-refractivity contribution in [3.63, 3.8) is 0 Å². The number of nitrogens with one attached hydrogen (secondary N) is 1. The van der Waals surface area contributed by atoms with Crippen LogP contribution in [0.2, 0.25) is 5.02 Å². The summed E-state index contributed by atoms with van der Waals surface area (Å²) < 4.78 is 10.8. The van der Waals surface area contributed by atoms with Gasteiger partial charge in [0.2, 0.25) is 0 Å².